The number of nitrogens with one attached hydrogen (secondary N) is 1. The SMILES string of the molecule is COc1ccccc1N1C(=N)S/C(=C\c2ccc(-c3ccccc3C(=O)[O-])o2)C1=O. The van der Waals surface area contributed by atoms with E-state index in [-0.39, 0.29) is 16.6 Å². The van der Waals surface area contributed by atoms with Gasteiger partial charge >= 0.3 is 0 Å². The number of amides is 1. The van der Waals surface area contributed by atoms with Gasteiger partial charge in [0.05, 0.1) is 23.7 Å². The van der Waals surface area contributed by atoms with Crippen molar-refractivity contribution in [3.8, 4) is 17.1 Å². The number of benzene rings is 2. The number of carboxylic acids is 1. The number of carboxylic acid groups (broad SMARTS) is 1. The molecule has 1 aliphatic rings. The number of rotatable bonds is 5. The number of furan rings is 1. The number of carbonyl (C=O) groups excluding carboxylic acids is 2. The van der Waals surface area contributed by atoms with Crippen LogP contribution in [0.2, 0.25) is 0 Å². The molecule has 0 atom stereocenters. The number of nitrogens with zero attached hydrogens (tertiary/aromatic N) is 1. The molecule has 0 bridgehead atoms. The number of para-hydroxylation sites is 2. The fourth-order valence-corrected chi connectivity index (χ4v) is 3.94. The zero-order valence-electron chi connectivity index (χ0n) is 15.7. The third-order valence-corrected chi connectivity index (χ3v) is 5.35. The van der Waals surface area contributed by atoms with Crippen LogP contribution in [-0.2, 0) is 4.79 Å². The summed E-state index contributed by atoms with van der Waals surface area (Å²) in [7, 11) is 1.50. The highest BCUT2D eigenvalue weighted by Crippen LogP contribution is 2.39. The van der Waals surface area contributed by atoms with E-state index < -0.39 is 5.97 Å². The number of aromatic carboxylic acids is 1. The molecule has 0 aliphatic carbocycles. The van der Waals surface area contributed by atoms with Gasteiger partial charge < -0.3 is 19.1 Å². The van der Waals surface area contributed by atoms with Crippen molar-refractivity contribution in [3.05, 3.63) is 76.9 Å². The summed E-state index contributed by atoms with van der Waals surface area (Å²) in [4.78, 5) is 25.8. The van der Waals surface area contributed by atoms with E-state index in [0.29, 0.717) is 33.4 Å². The van der Waals surface area contributed by atoms with E-state index in [1.165, 1.54) is 24.2 Å². The van der Waals surface area contributed by atoms with Gasteiger partial charge in [0, 0.05) is 17.2 Å². The summed E-state index contributed by atoms with van der Waals surface area (Å²) >= 11 is 1.00. The van der Waals surface area contributed by atoms with Crippen LogP contribution in [0.3, 0.4) is 0 Å². The number of thioether (sulfide) groups is 1. The first-order chi connectivity index (χ1) is 14.5. The van der Waals surface area contributed by atoms with E-state index in [4.69, 9.17) is 14.6 Å². The second-order valence-corrected chi connectivity index (χ2v) is 7.29. The molecule has 2 heterocycles. The van der Waals surface area contributed by atoms with E-state index >= 15 is 0 Å². The zero-order chi connectivity index (χ0) is 21.3. The number of carbonyl (C=O) groups is 2. The second kappa shape index (κ2) is 7.92. The first kappa shape index (κ1) is 19.5. The van der Waals surface area contributed by atoms with Gasteiger partial charge in [-0.05, 0) is 36.0 Å². The topological polar surface area (TPSA) is 107 Å². The lowest BCUT2D eigenvalue weighted by Gasteiger charge is -2.17. The van der Waals surface area contributed by atoms with Gasteiger partial charge in [-0.25, -0.2) is 0 Å². The van der Waals surface area contributed by atoms with Crippen LogP contribution < -0.4 is 14.7 Å². The normalized spacial score (nSPS) is 15.1. The minimum atomic E-state index is -1.30. The van der Waals surface area contributed by atoms with E-state index in [2.05, 4.69) is 0 Å². The predicted molar refractivity (Wildman–Crippen MR) is 112 cm³/mol. The molecule has 1 N–H and O–H groups in total. The molecular formula is C22H15N2O5S-. The highest BCUT2D eigenvalue weighted by atomic mass is 32.2. The molecule has 150 valence electrons. The quantitative estimate of drug-likeness (QED) is 0.636. The molecule has 7 nitrogen and oxygen atoms in total. The van der Waals surface area contributed by atoms with E-state index in [1.807, 2.05) is 0 Å². The van der Waals surface area contributed by atoms with Crippen molar-refractivity contribution in [1.29, 1.82) is 5.41 Å². The van der Waals surface area contributed by atoms with Gasteiger partial charge in [-0.1, -0.05) is 36.4 Å². The zero-order valence-corrected chi connectivity index (χ0v) is 16.6. The Kier molecular flexibility index (Phi) is 5.16. The molecule has 0 unspecified atom stereocenters. The average molecular weight is 419 g/mol. The van der Waals surface area contributed by atoms with Crippen molar-refractivity contribution < 1.29 is 23.8 Å². The van der Waals surface area contributed by atoms with Gasteiger partial charge in [-0.3, -0.25) is 15.1 Å². The van der Waals surface area contributed by atoms with Crippen LogP contribution in [0.15, 0.2) is 70.0 Å². The number of anilines is 1. The largest absolute Gasteiger partial charge is 0.545 e. The van der Waals surface area contributed by atoms with Crippen molar-refractivity contribution in [1.82, 2.24) is 0 Å². The van der Waals surface area contributed by atoms with Crippen molar-refractivity contribution >= 4 is 40.6 Å². The van der Waals surface area contributed by atoms with Gasteiger partial charge in [0.2, 0.25) is 0 Å². The van der Waals surface area contributed by atoms with Crippen molar-refractivity contribution in [2.75, 3.05) is 12.0 Å². The summed E-state index contributed by atoms with van der Waals surface area (Å²) in [5.41, 5.74) is 0.881. The van der Waals surface area contributed by atoms with Gasteiger partial charge in [0.1, 0.15) is 17.3 Å². The molecule has 3 aromatic rings. The molecule has 1 fully saturated rings. The van der Waals surface area contributed by atoms with Crippen LogP contribution in [-0.4, -0.2) is 24.2 Å². The molecule has 2 aromatic carbocycles. The molecule has 1 saturated heterocycles. The highest BCUT2D eigenvalue weighted by molar-refractivity contribution is 8.19. The Morgan fingerprint density at radius 2 is 1.87 bits per heavy atom. The Morgan fingerprint density at radius 3 is 2.63 bits per heavy atom. The first-order valence-corrected chi connectivity index (χ1v) is 9.67. The Morgan fingerprint density at radius 1 is 1.13 bits per heavy atom. The molecule has 1 amide bonds. The Labute approximate surface area is 176 Å². The summed E-state index contributed by atoms with van der Waals surface area (Å²) in [5, 5.41) is 19.6. The van der Waals surface area contributed by atoms with Crippen LogP contribution in [0.25, 0.3) is 17.4 Å². The summed E-state index contributed by atoms with van der Waals surface area (Å²) in [5.74, 6) is -0.485. The Balaban J connectivity index is 1.65. The number of amidine groups is 1. The minimum Gasteiger partial charge on any atom is -0.545 e. The molecule has 30 heavy (non-hydrogen) atoms. The maximum atomic E-state index is 12.9. The molecule has 0 spiro atoms. The van der Waals surface area contributed by atoms with Crippen LogP contribution in [0.4, 0.5) is 5.69 Å². The molecule has 0 saturated carbocycles. The van der Waals surface area contributed by atoms with Crippen molar-refractivity contribution in [2.45, 2.75) is 0 Å². The average Bonchev–Trinajstić information content (AvgIpc) is 3.32. The first-order valence-electron chi connectivity index (χ1n) is 8.85. The van der Waals surface area contributed by atoms with Crippen LogP contribution in [0, 0.1) is 5.41 Å². The minimum absolute atomic E-state index is 0.0153. The molecular weight excluding hydrogens is 404 g/mol. The van der Waals surface area contributed by atoms with E-state index in [0.717, 1.165) is 11.8 Å². The second-order valence-electron chi connectivity index (χ2n) is 6.26. The fraction of sp³-hybridized carbons (Fsp3) is 0.0455. The number of methoxy groups -OCH3 is 1. The molecule has 8 heteroatoms. The fourth-order valence-electron chi connectivity index (χ4n) is 3.10. The lowest BCUT2D eigenvalue weighted by molar-refractivity contribution is -0.254. The van der Waals surface area contributed by atoms with Gasteiger partial charge in [0.15, 0.2) is 5.17 Å². The summed E-state index contributed by atoms with van der Waals surface area (Å²) in [6, 6.07) is 16.6. The lowest BCUT2D eigenvalue weighted by atomic mass is 10.1. The van der Waals surface area contributed by atoms with Gasteiger partial charge in [-0.15, -0.1) is 0 Å². The van der Waals surface area contributed by atoms with E-state index in [9.17, 15) is 14.7 Å². The third-order valence-electron chi connectivity index (χ3n) is 4.46. The third kappa shape index (κ3) is 3.48. The van der Waals surface area contributed by atoms with Crippen molar-refractivity contribution in [2.24, 2.45) is 0 Å². The number of ether oxygens (including phenoxy) is 1. The molecule has 4 rings (SSSR count). The smallest absolute Gasteiger partial charge is 0.271 e. The summed E-state index contributed by atoms with van der Waals surface area (Å²) in [6.07, 6.45) is 1.53. The molecule has 0 radical (unpaired) electrons. The maximum absolute atomic E-state index is 12.9. The Hall–Kier alpha value is -3.78. The molecule has 1 aliphatic heterocycles. The Bertz CT molecular complexity index is 1200. The predicted octanol–water partition coefficient (Wildman–Crippen LogP) is 3.37. The van der Waals surface area contributed by atoms with Crippen LogP contribution >= 0.6 is 11.8 Å². The van der Waals surface area contributed by atoms with Gasteiger partial charge in [0.25, 0.3) is 5.91 Å². The monoisotopic (exact) mass is 419 g/mol. The van der Waals surface area contributed by atoms with Gasteiger partial charge in [-0.2, -0.15) is 0 Å². The van der Waals surface area contributed by atoms with Crippen molar-refractivity contribution in [3.63, 3.8) is 0 Å². The summed E-state index contributed by atoms with van der Waals surface area (Å²) < 4.78 is 11.0. The lowest BCUT2D eigenvalue weighted by Crippen LogP contribution is -2.28. The standard InChI is InChI=1S/C22H16N2O5S/c1-28-18-9-5-4-8-16(18)24-20(25)19(30-22(24)23)12-13-10-11-17(29-13)14-6-2-3-7-15(14)21(26)27/h2-12,23H,1H3,(H,26,27)/p-1/b19-12-,23-22?. The van der Waals surface area contributed by atoms with Crippen LogP contribution in [0.5, 0.6) is 5.75 Å². The number of hydrogen-bond acceptors (Lipinski definition) is 7. The number of hydrogen-bond donors (Lipinski definition) is 1. The summed E-state index contributed by atoms with van der Waals surface area (Å²) in [6.45, 7) is 0. The molecule has 1 aromatic heterocycles. The maximum Gasteiger partial charge on any atom is 0.271 e. The highest BCUT2D eigenvalue weighted by Gasteiger charge is 2.35. The van der Waals surface area contributed by atoms with E-state index in [1.54, 1.807) is 54.6 Å². The van der Waals surface area contributed by atoms with Crippen LogP contribution in [0.1, 0.15) is 16.1 Å².